The molecule has 0 aliphatic carbocycles. The highest BCUT2D eigenvalue weighted by atomic mass is 28.4. The predicted molar refractivity (Wildman–Crippen MR) is 142 cm³/mol. The van der Waals surface area contributed by atoms with Gasteiger partial charge in [0.2, 0.25) is 6.23 Å². The van der Waals surface area contributed by atoms with E-state index in [1.807, 2.05) is 19.6 Å². The maximum atomic E-state index is 15.6. The van der Waals surface area contributed by atoms with E-state index in [2.05, 4.69) is 10.3 Å². The first-order chi connectivity index (χ1) is 18.0. The van der Waals surface area contributed by atoms with Gasteiger partial charge < -0.3 is 18.3 Å². The Balaban J connectivity index is 1.71. The minimum atomic E-state index is -3.57. The Morgan fingerprint density at radius 2 is 1.79 bits per heavy atom. The Labute approximate surface area is 225 Å². The molecule has 214 valence electrons. The van der Waals surface area contributed by atoms with Crippen molar-refractivity contribution in [1.82, 2.24) is 9.55 Å². The smallest absolute Gasteiger partial charge is 0.413 e. The zero-order valence-corrected chi connectivity index (χ0v) is 24.5. The maximum absolute atomic E-state index is 15.6. The minimum absolute atomic E-state index is 0.112. The monoisotopic (exact) mass is 586 g/mol. The molecule has 39 heavy (non-hydrogen) atoms. The van der Waals surface area contributed by atoms with Crippen LogP contribution in [0.4, 0.5) is 25.1 Å². The standard InChI is InChI=1S/C23H32F2N4O8Si2/c1-38(2,3)35-14-17-19(37-39(4,5)6)23(24,25)20(36-17)28-12-11-18(26-21(28)30)27-22(31)34-13-15-7-9-16(10-8-15)29(32)33/h7-12,17,19-20H,13-14H2,1-6H3,(H,26,27,30,31)/t17-,19?,20-/m1/s1. The van der Waals surface area contributed by atoms with Crippen LogP contribution in [0.5, 0.6) is 0 Å². The molecule has 12 nitrogen and oxygen atoms in total. The van der Waals surface area contributed by atoms with Crippen LogP contribution in [0, 0.1) is 10.1 Å². The van der Waals surface area contributed by atoms with Gasteiger partial charge in [0.1, 0.15) is 24.6 Å². The number of ether oxygens (including phenoxy) is 2. The molecule has 0 radical (unpaired) electrons. The molecule has 1 N–H and O–H groups in total. The Kier molecular flexibility index (Phi) is 9.06. The fourth-order valence-corrected chi connectivity index (χ4v) is 5.36. The van der Waals surface area contributed by atoms with Crippen LogP contribution in [0.25, 0.3) is 0 Å². The van der Waals surface area contributed by atoms with E-state index in [9.17, 15) is 19.7 Å². The second-order valence-corrected chi connectivity index (χ2v) is 19.9. The topological polar surface area (TPSA) is 144 Å². The van der Waals surface area contributed by atoms with Crippen molar-refractivity contribution in [3.05, 3.63) is 62.7 Å². The fourth-order valence-electron chi connectivity index (χ4n) is 3.63. The molecule has 1 amide bonds. The van der Waals surface area contributed by atoms with Crippen molar-refractivity contribution in [1.29, 1.82) is 0 Å². The number of benzene rings is 1. The van der Waals surface area contributed by atoms with Crippen molar-refractivity contribution < 1.29 is 36.8 Å². The van der Waals surface area contributed by atoms with Gasteiger partial charge in [0.25, 0.3) is 5.69 Å². The average Bonchev–Trinajstić information content (AvgIpc) is 3.04. The van der Waals surface area contributed by atoms with E-state index in [1.165, 1.54) is 24.3 Å². The first-order valence-electron chi connectivity index (χ1n) is 12.1. The van der Waals surface area contributed by atoms with Crippen LogP contribution in [0.3, 0.4) is 0 Å². The summed E-state index contributed by atoms with van der Waals surface area (Å²) in [6.07, 6.45) is -4.63. The number of halogens is 2. The van der Waals surface area contributed by atoms with Crippen LogP contribution in [0.15, 0.2) is 41.3 Å². The van der Waals surface area contributed by atoms with Gasteiger partial charge in [-0.25, -0.2) is 9.59 Å². The number of hydrogen-bond donors (Lipinski definition) is 1. The summed E-state index contributed by atoms with van der Waals surface area (Å²) >= 11 is 0. The fraction of sp³-hybridized carbons (Fsp3) is 0.522. The van der Waals surface area contributed by atoms with Crippen molar-refractivity contribution in [2.75, 3.05) is 11.9 Å². The van der Waals surface area contributed by atoms with Gasteiger partial charge in [0, 0.05) is 18.3 Å². The molecule has 1 fully saturated rings. The Morgan fingerprint density at radius 1 is 1.15 bits per heavy atom. The number of nitrogens with one attached hydrogen (secondary N) is 1. The number of hydrogen-bond acceptors (Lipinski definition) is 9. The number of nitrogens with zero attached hydrogens (tertiary/aromatic N) is 3. The Bertz CT molecular complexity index is 1250. The molecule has 2 aromatic rings. The second kappa shape index (κ2) is 11.6. The Morgan fingerprint density at radius 3 is 2.33 bits per heavy atom. The van der Waals surface area contributed by atoms with Crippen molar-refractivity contribution in [2.45, 2.75) is 70.2 Å². The normalized spacial score (nSPS) is 21.0. The molecule has 0 spiro atoms. The summed E-state index contributed by atoms with van der Waals surface area (Å²) in [5.74, 6) is -3.79. The SMILES string of the molecule is C[Si](C)(C)OC[C@H]1O[C@@H](n2ccc(NC(=O)OCc3ccc([N+](=O)[O-])cc3)nc2=O)C(F)(F)C1O[Si](C)(C)C. The first kappa shape index (κ1) is 30.5. The van der Waals surface area contributed by atoms with Crippen LogP contribution in [0.2, 0.25) is 39.3 Å². The molecule has 1 aliphatic rings. The lowest BCUT2D eigenvalue weighted by atomic mass is 10.1. The van der Waals surface area contributed by atoms with Crippen molar-refractivity contribution in [3.8, 4) is 0 Å². The van der Waals surface area contributed by atoms with E-state index in [0.29, 0.717) is 10.1 Å². The first-order valence-corrected chi connectivity index (χ1v) is 18.9. The summed E-state index contributed by atoms with van der Waals surface area (Å²) in [7, 11) is -4.50. The molecular formula is C23H32F2N4O8Si2. The van der Waals surface area contributed by atoms with Crippen LogP contribution in [0.1, 0.15) is 11.8 Å². The van der Waals surface area contributed by atoms with Crippen molar-refractivity contribution in [2.24, 2.45) is 0 Å². The summed E-state index contributed by atoms with van der Waals surface area (Å²) < 4.78 is 54.1. The third-order valence-corrected chi connectivity index (χ3v) is 7.33. The number of nitro benzene ring substituents is 1. The van der Waals surface area contributed by atoms with Crippen LogP contribution in [-0.2, 0) is 24.9 Å². The third-order valence-electron chi connectivity index (χ3n) is 5.34. The lowest BCUT2D eigenvalue weighted by Gasteiger charge is -2.31. The molecule has 0 bridgehead atoms. The van der Waals surface area contributed by atoms with Gasteiger partial charge in [-0.3, -0.25) is 20.0 Å². The molecule has 3 rings (SSSR count). The molecule has 1 unspecified atom stereocenters. The summed E-state index contributed by atoms with van der Waals surface area (Å²) in [6, 6.07) is 6.54. The number of carbonyl (C=O) groups excluding carboxylic acids is 1. The average molecular weight is 587 g/mol. The maximum Gasteiger partial charge on any atom is 0.413 e. The van der Waals surface area contributed by atoms with Crippen molar-refractivity contribution in [3.63, 3.8) is 0 Å². The van der Waals surface area contributed by atoms with Gasteiger partial charge in [-0.05, 0) is 63.0 Å². The van der Waals surface area contributed by atoms with Gasteiger partial charge in [-0.15, -0.1) is 0 Å². The summed E-state index contributed by atoms with van der Waals surface area (Å²) in [6.45, 7) is 10.8. The largest absolute Gasteiger partial charge is 0.444 e. The number of carbonyl (C=O) groups is 1. The summed E-state index contributed by atoms with van der Waals surface area (Å²) in [5, 5.41) is 13.0. The number of non-ortho nitro benzene ring substituents is 1. The molecule has 1 aliphatic heterocycles. The van der Waals surface area contributed by atoms with E-state index in [0.717, 1.165) is 12.3 Å². The van der Waals surface area contributed by atoms with Crippen LogP contribution >= 0.6 is 0 Å². The van der Waals surface area contributed by atoms with E-state index in [4.69, 9.17) is 18.3 Å². The zero-order chi connectivity index (χ0) is 29.2. The summed E-state index contributed by atoms with van der Waals surface area (Å²) in [5.41, 5.74) is -0.702. The van der Waals surface area contributed by atoms with Gasteiger partial charge >= 0.3 is 17.7 Å². The van der Waals surface area contributed by atoms with E-state index < -0.39 is 57.7 Å². The van der Waals surface area contributed by atoms with E-state index in [-0.39, 0.29) is 24.7 Å². The highest BCUT2D eigenvalue weighted by Crippen LogP contribution is 2.45. The zero-order valence-electron chi connectivity index (χ0n) is 22.5. The molecule has 3 atom stereocenters. The highest BCUT2D eigenvalue weighted by Gasteiger charge is 2.61. The van der Waals surface area contributed by atoms with Crippen LogP contribution < -0.4 is 11.0 Å². The molecular weight excluding hydrogens is 554 g/mol. The number of alkyl halides is 2. The summed E-state index contributed by atoms with van der Waals surface area (Å²) in [4.78, 5) is 38.7. The quantitative estimate of drug-likeness (QED) is 0.242. The van der Waals surface area contributed by atoms with Crippen molar-refractivity contribution >= 4 is 34.2 Å². The Hall–Kier alpha value is -3.06. The van der Waals surface area contributed by atoms with Crippen LogP contribution in [-0.4, -0.2) is 61.9 Å². The lowest BCUT2D eigenvalue weighted by molar-refractivity contribution is -0.384. The lowest BCUT2D eigenvalue weighted by Crippen LogP contribution is -2.49. The second-order valence-electron chi connectivity index (χ2n) is 10.9. The number of nitro groups is 1. The predicted octanol–water partition coefficient (Wildman–Crippen LogP) is 4.50. The number of amides is 1. The minimum Gasteiger partial charge on any atom is -0.444 e. The third kappa shape index (κ3) is 8.22. The highest BCUT2D eigenvalue weighted by molar-refractivity contribution is 6.70. The number of anilines is 1. The van der Waals surface area contributed by atoms with Gasteiger partial charge in [-0.2, -0.15) is 13.8 Å². The van der Waals surface area contributed by atoms with E-state index in [1.54, 1.807) is 19.6 Å². The molecule has 0 saturated carbocycles. The van der Waals surface area contributed by atoms with Gasteiger partial charge in [0.05, 0.1) is 11.5 Å². The van der Waals surface area contributed by atoms with Gasteiger partial charge in [-0.1, -0.05) is 0 Å². The molecule has 1 aromatic carbocycles. The number of aromatic nitrogens is 2. The molecule has 16 heteroatoms. The van der Waals surface area contributed by atoms with Gasteiger partial charge in [0.15, 0.2) is 16.6 Å². The molecule has 1 saturated heterocycles. The van der Waals surface area contributed by atoms with E-state index >= 15 is 8.78 Å². The molecule has 1 aromatic heterocycles. The number of rotatable bonds is 10. The molecule has 2 heterocycles.